The Bertz CT molecular complexity index is 141. The molecule has 0 aromatic rings. The fourth-order valence-electron chi connectivity index (χ4n) is 2.11. The predicted octanol–water partition coefficient (Wildman–Crippen LogP) is 2.32. The van der Waals surface area contributed by atoms with E-state index in [0.29, 0.717) is 5.41 Å². The highest BCUT2D eigenvalue weighted by molar-refractivity contribution is 4.89. The molecule has 2 heteroatoms. The molecule has 2 N–H and O–H groups in total. The van der Waals surface area contributed by atoms with E-state index in [-0.39, 0.29) is 6.04 Å². The van der Waals surface area contributed by atoms with Gasteiger partial charge in [-0.3, -0.25) is 0 Å². The Balaban J connectivity index is 2.24. The lowest BCUT2D eigenvalue weighted by Gasteiger charge is -2.30. The molecule has 0 aromatic carbocycles. The van der Waals surface area contributed by atoms with Gasteiger partial charge in [0.25, 0.3) is 0 Å². The summed E-state index contributed by atoms with van der Waals surface area (Å²) in [6, 6.07) is 0.238. The number of nitrogens with two attached hydrogens (primary N) is 1. The summed E-state index contributed by atoms with van der Waals surface area (Å²) in [6.07, 6.45) is 6.34. The number of rotatable bonds is 5. The molecule has 0 heterocycles. The summed E-state index contributed by atoms with van der Waals surface area (Å²) >= 11 is 0. The van der Waals surface area contributed by atoms with Crippen LogP contribution in [0.4, 0.5) is 0 Å². The van der Waals surface area contributed by atoms with E-state index in [1.165, 1.54) is 25.7 Å². The van der Waals surface area contributed by atoms with E-state index in [1.54, 1.807) is 0 Å². The minimum atomic E-state index is 0.238. The van der Waals surface area contributed by atoms with Gasteiger partial charge in [-0.15, -0.1) is 0 Å². The fraction of sp³-hybridized carbons (Fsp3) is 1.00. The van der Waals surface area contributed by atoms with Crippen LogP contribution >= 0.6 is 0 Å². The molecule has 1 aliphatic rings. The van der Waals surface area contributed by atoms with Crippen LogP contribution in [0.5, 0.6) is 0 Å². The second-order valence-corrected chi connectivity index (χ2v) is 4.54. The summed E-state index contributed by atoms with van der Waals surface area (Å²) in [6.45, 7) is 6.02. The van der Waals surface area contributed by atoms with Gasteiger partial charge in [0, 0.05) is 12.6 Å². The highest BCUT2D eigenvalue weighted by Gasteiger charge is 2.34. The van der Waals surface area contributed by atoms with E-state index >= 15 is 0 Å². The maximum absolute atomic E-state index is 6.13. The van der Waals surface area contributed by atoms with Crippen molar-refractivity contribution in [3.63, 3.8) is 0 Å². The van der Waals surface area contributed by atoms with E-state index in [1.807, 2.05) is 0 Å². The van der Waals surface area contributed by atoms with Gasteiger partial charge in [-0.25, -0.2) is 0 Å². The van der Waals surface area contributed by atoms with Crippen molar-refractivity contribution in [3.05, 3.63) is 0 Å². The van der Waals surface area contributed by atoms with Crippen molar-refractivity contribution >= 4 is 0 Å². The molecule has 1 rings (SSSR count). The predicted molar refractivity (Wildman–Crippen MR) is 55.7 cm³/mol. The van der Waals surface area contributed by atoms with Crippen LogP contribution in [-0.2, 0) is 4.74 Å². The van der Waals surface area contributed by atoms with Gasteiger partial charge in [-0.1, -0.05) is 26.7 Å². The lowest BCUT2D eigenvalue weighted by atomic mass is 9.81. The van der Waals surface area contributed by atoms with Crippen molar-refractivity contribution < 1.29 is 4.74 Å². The van der Waals surface area contributed by atoms with Crippen LogP contribution in [-0.4, -0.2) is 19.3 Å². The van der Waals surface area contributed by atoms with Crippen LogP contribution in [0.3, 0.4) is 0 Å². The number of hydrogen-bond donors (Lipinski definition) is 1. The monoisotopic (exact) mass is 185 g/mol. The van der Waals surface area contributed by atoms with Crippen molar-refractivity contribution in [2.45, 2.75) is 52.0 Å². The van der Waals surface area contributed by atoms with E-state index in [9.17, 15) is 0 Å². The summed E-state index contributed by atoms with van der Waals surface area (Å²) in [4.78, 5) is 0. The summed E-state index contributed by atoms with van der Waals surface area (Å²) in [5.74, 6) is 0. The van der Waals surface area contributed by atoms with Crippen molar-refractivity contribution in [2.24, 2.45) is 11.1 Å². The van der Waals surface area contributed by atoms with Crippen LogP contribution in [0.2, 0.25) is 0 Å². The first kappa shape index (κ1) is 11.0. The average Bonchev–Trinajstić information content (AvgIpc) is 2.54. The smallest absolute Gasteiger partial charge is 0.0622 e. The molecule has 1 fully saturated rings. The standard InChI is InChI=1S/C11H23NO/c1-3-8-13-9-10(12)11(2)6-4-5-7-11/h10H,3-9,12H2,1-2H3. The Kier molecular flexibility index (Phi) is 4.20. The topological polar surface area (TPSA) is 35.2 Å². The normalized spacial score (nSPS) is 23.3. The molecule has 0 amide bonds. The zero-order valence-electron chi connectivity index (χ0n) is 9.01. The zero-order valence-corrected chi connectivity index (χ0v) is 9.01. The van der Waals surface area contributed by atoms with Crippen molar-refractivity contribution in [3.8, 4) is 0 Å². The lowest BCUT2D eigenvalue weighted by Crippen LogP contribution is -2.41. The lowest BCUT2D eigenvalue weighted by molar-refractivity contribution is 0.0812. The van der Waals surface area contributed by atoms with Crippen molar-refractivity contribution in [2.75, 3.05) is 13.2 Å². The first-order valence-corrected chi connectivity index (χ1v) is 5.52. The van der Waals surface area contributed by atoms with Crippen LogP contribution in [0.1, 0.15) is 46.0 Å². The molecule has 0 saturated heterocycles. The van der Waals surface area contributed by atoms with E-state index < -0.39 is 0 Å². The van der Waals surface area contributed by atoms with Gasteiger partial charge < -0.3 is 10.5 Å². The molecule has 0 radical (unpaired) electrons. The highest BCUT2D eigenvalue weighted by atomic mass is 16.5. The van der Waals surface area contributed by atoms with E-state index in [2.05, 4.69) is 13.8 Å². The molecule has 1 saturated carbocycles. The summed E-state index contributed by atoms with van der Waals surface area (Å²) in [5, 5.41) is 0. The molecular formula is C11H23NO. The van der Waals surface area contributed by atoms with E-state index in [4.69, 9.17) is 10.5 Å². The molecule has 1 aliphatic carbocycles. The van der Waals surface area contributed by atoms with E-state index in [0.717, 1.165) is 19.6 Å². The Morgan fingerprint density at radius 3 is 2.54 bits per heavy atom. The molecule has 2 nitrogen and oxygen atoms in total. The second kappa shape index (κ2) is 4.97. The maximum atomic E-state index is 6.13. The molecule has 0 aliphatic heterocycles. The minimum Gasteiger partial charge on any atom is -0.380 e. The quantitative estimate of drug-likeness (QED) is 0.667. The van der Waals surface area contributed by atoms with Gasteiger partial charge in [0.05, 0.1) is 6.61 Å². The van der Waals surface area contributed by atoms with Gasteiger partial charge in [0.2, 0.25) is 0 Å². The second-order valence-electron chi connectivity index (χ2n) is 4.54. The Morgan fingerprint density at radius 1 is 1.38 bits per heavy atom. The third-order valence-electron chi connectivity index (χ3n) is 3.29. The van der Waals surface area contributed by atoms with Crippen molar-refractivity contribution in [1.82, 2.24) is 0 Å². The Hall–Kier alpha value is -0.0800. The molecule has 1 atom stereocenters. The molecule has 0 spiro atoms. The number of hydrogen-bond acceptors (Lipinski definition) is 2. The molecular weight excluding hydrogens is 162 g/mol. The van der Waals surface area contributed by atoms with Crippen LogP contribution in [0, 0.1) is 5.41 Å². The summed E-state index contributed by atoms with van der Waals surface area (Å²) in [5.41, 5.74) is 6.48. The van der Waals surface area contributed by atoms with Crippen LogP contribution < -0.4 is 5.73 Å². The van der Waals surface area contributed by atoms with Gasteiger partial charge in [-0.05, 0) is 24.7 Å². The Morgan fingerprint density at radius 2 is 2.00 bits per heavy atom. The highest BCUT2D eigenvalue weighted by Crippen LogP contribution is 2.39. The third-order valence-corrected chi connectivity index (χ3v) is 3.29. The first-order valence-electron chi connectivity index (χ1n) is 5.52. The minimum absolute atomic E-state index is 0.238. The first-order chi connectivity index (χ1) is 6.19. The largest absolute Gasteiger partial charge is 0.380 e. The Labute approximate surface area is 81.8 Å². The van der Waals surface area contributed by atoms with Crippen LogP contribution in [0.25, 0.3) is 0 Å². The van der Waals surface area contributed by atoms with Gasteiger partial charge in [0.15, 0.2) is 0 Å². The fourth-order valence-corrected chi connectivity index (χ4v) is 2.11. The summed E-state index contributed by atoms with van der Waals surface area (Å²) < 4.78 is 5.50. The third kappa shape index (κ3) is 2.96. The maximum Gasteiger partial charge on any atom is 0.0622 e. The van der Waals surface area contributed by atoms with Crippen molar-refractivity contribution in [1.29, 1.82) is 0 Å². The summed E-state index contributed by atoms with van der Waals surface area (Å²) in [7, 11) is 0. The zero-order chi connectivity index (χ0) is 9.73. The SMILES string of the molecule is CCCOCC(N)C1(C)CCCC1. The molecule has 0 bridgehead atoms. The van der Waals surface area contributed by atoms with Gasteiger partial charge in [-0.2, -0.15) is 0 Å². The molecule has 1 unspecified atom stereocenters. The molecule has 78 valence electrons. The molecule has 0 aromatic heterocycles. The molecule has 13 heavy (non-hydrogen) atoms. The average molecular weight is 185 g/mol. The number of ether oxygens (including phenoxy) is 1. The van der Waals surface area contributed by atoms with Crippen LogP contribution in [0.15, 0.2) is 0 Å². The van der Waals surface area contributed by atoms with Gasteiger partial charge in [0.1, 0.15) is 0 Å². The van der Waals surface area contributed by atoms with Gasteiger partial charge >= 0.3 is 0 Å².